The molecule has 1 aromatic carbocycles. The Morgan fingerprint density at radius 1 is 1.13 bits per heavy atom. The minimum Gasteiger partial charge on any atom is -0.467 e. The topological polar surface area (TPSA) is 106 Å². The summed E-state index contributed by atoms with van der Waals surface area (Å²) in [6.45, 7) is 1.30. The monoisotopic (exact) mass is 438 g/mol. The summed E-state index contributed by atoms with van der Waals surface area (Å²) in [6.07, 6.45) is 3.52. The molecule has 0 spiro atoms. The molecule has 0 unspecified atom stereocenters. The molecule has 0 radical (unpaired) electrons. The average Bonchev–Trinajstić information content (AvgIpc) is 2.80. The van der Waals surface area contributed by atoms with Crippen LogP contribution < -0.4 is 15.0 Å². The second kappa shape index (κ2) is 9.61. The lowest BCUT2D eigenvalue weighted by molar-refractivity contribution is -0.383. The number of hydrogen-bond acceptors (Lipinski definition) is 9. The van der Waals surface area contributed by atoms with E-state index < -0.39 is 4.92 Å². The molecule has 1 fully saturated rings. The SMILES string of the molecule is COc1nc(Nc2ccccc2)c([N+](=O)[O-])c(N2CCC(Sc3ccccn3)CC2)n1. The summed E-state index contributed by atoms with van der Waals surface area (Å²) in [5.41, 5.74) is 0.545. The number of methoxy groups -OCH3 is 1. The highest BCUT2D eigenvalue weighted by Gasteiger charge is 2.32. The second-order valence-corrected chi connectivity index (χ2v) is 8.27. The van der Waals surface area contributed by atoms with Crippen LogP contribution in [0.2, 0.25) is 0 Å². The molecule has 2 aromatic heterocycles. The van der Waals surface area contributed by atoms with E-state index >= 15 is 0 Å². The van der Waals surface area contributed by atoms with Crippen LogP contribution in [0.5, 0.6) is 6.01 Å². The van der Waals surface area contributed by atoms with Gasteiger partial charge in [0.05, 0.1) is 17.1 Å². The quantitative estimate of drug-likeness (QED) is 0.427. The van der Waals surface area contributed by atoms with Crippen LogP contribution in [0.15, 0.2) is 59.8 Å². The Kier molecular flexibility index (Phi) is 6.46. The maximum absolute atomic E-state index is 12.0. The first kappa shape index (κ1) is 20.9. The maximum Gasteiger partial charge on any atom is 0.354 e. The number of benzene rings is 1. The van der Waals surface area contributed by atoms with Crippen molar-refractivity contribution in [2.75, 3.05) is 30.4 Å². The standard InChI is InChI=1S/C21H22N6O3S/c1-30-21-24-19(23-15-7-3-2-4-8-15)18(27(28)29)20(25-21)26-13-10-16(11-14-26)31-17-9-5-6-12-22-17/h2-9,12,16H,10-11,13-14H2,1H3,(H,23,24,25). The predicted molar refractivity (Wildman–Crippen MR) is 120 cm³/mol. The maximum atomic E-state index is 12.0. The fourth-order valence-corrected chi connectivity index (χ4v) is 4.49. The third-order valence-electron chi connectivity index (χ3n) is 4.91. The Morgan fingerprint density at radius 3 is 2.52 bits per heavy atom. The molecule has 1 N–H and O–H groups in total. The number of rotatable bonds is 7. The molecule has 10 heteroatoms. The normalized spacial score (nSPS) is 14.3. The van der Waals surface area contributed by atoms with Crippen molar-refractivity contribution in [2.45, 2.75) is 23.1 Å². The molecule has 0 saturated carbocycles. The van der Waals surface area contributed by atoms with Gasteiger partial charge < -0.3 is 15.0 Å². The summed E-state index contributed by atoms with van der Waals surface area (Å²) in [6, 6.07) is 15.2. The van der Waals surface area contributed by atoms with E-state index in [1.54, 1.807) is 18.0 Å². The van der Waals surface area contributed by atoms with Crippen molar-refractivity contribution in [3.63, 3.8) is 0 Å². The lowest BCUT2D eigenvalue weighted by Crippen LogP contribution is -2.36. The van der Waals surface area contributed by atoms with Crippen molar-refractivity contribution in [3.05, 3.63) is 64.8 Å². The van der Waals surface area contributed by atoms with Gasteiger partial charge in [0.15, 0.2) is 0 Å². The number of nitrogens with zero attached hydrogens (tertiary/aromatic N) is 5. The van der Waals surface area contributed by atoms with Crippen molar-refractivity contribution < 1.29 is 9.66 Å². The molecule has 1 aliphatic heterocycles. The van der Waals surface area contributed by atoms with Crippen molar-refractivity contribution >= 4 is 34.8 Å². The molecule has 160 valence electrons. The Hall–Kier alpha value is -3.40. The fourth-order valence-electron chi connectivity index (χ4n) is 3.42. The van der Waals surface area contributed by atoms with Crippen LogP contribution in [0.1, 0.15) is 12.8 Å². The molecule has 0 aliphatic carbocycles. The van der Waals surface area contributed by atoms with Gasteiger partial charge in [-0.15, -0.1) is 11.8 Å². The van der Waals surface area contributed by atoms with Gasteiger partial charge in [-0.3, -0.25) is 10.1 Å². The van der Waals surface area contributed by atoms with Gasteiger partial charge in [-0.05, 0) is 37.1 Å². The Labute approximate surface area is 184 Å². The summed E-state index contributed by atoms with van der Waals surface area (Å²) in [4.78, 5) is 26.4. The molecular weight excluding hydrogens is 416 g/mol. The van der Waals surface area contributed by atoms with E-state index in [4.69, 9.17) is 4.74 Å². The number of pyridine rings is 1. The van der Waals surface area contributed by atoms with Crippen LogP contribution in [0.4, 0.5) is 23.0 Å². The van der Waals surface area contributed by atoms with Crippen molar-refractivity contribution in [2.24, 2.45) is 0 Å². The van der Waals surface area contributed by atoms with Gasteiger partial charge >= 0.3 is 11.7 Å². The summed E-state index contributed by atoms with van der Waals surface area (Å²) in [7, 11) is 1.45. The first-order chi connectivity index (χ1) is 15.1. The third kappa shape index (κ3) is 5.02. The summed E-state index contributed by atoms with van der Waals surface area (Å²) in [5, 5.41) is 16.4. The lowest BCUT2D eigenvalue weighted by Gasteiger charge is -2.32. The predicted octanol–water partition coefficient (Wildman–Crippen LogP) is 4.29. The number of thioether (sulfide) groups is 1. The summed E-state index contributed by atoms with van der Waals surface area (Å²) in [5.74, 6) is 0.389. The number of nitro groups is 1. The molecular formula is C21H22N6O3S. The van der Waals surface area contributed by atoms with E-state index in [0.29, 0.717) is 24.0 Å². The molecule has 0 bridgehead atoms. The van der Waals surface area contributed by atoms with Crippen molar-refractivity contribution in [1.82, 2.24) is 15.0 Å². The minimum absolute atomic E-state index is 0.0871. The van der Waals surface area contributed by atoms with Crippen LogP contribution in [0, 0.1) is 10.1 Å². The van der Waals surface area contributed by atoms with Crippen molar-refractivity contribution in [1.29, 1.82) is 0 Å². The average molecular weight is 439 g/mol. The van der Waals surface area contributed by atoms with E-state index in [9.17, 15) is 10.1 Å². The Balaban J connectivity index is 1.57. The molecule has 0 atom stereocenters. The van der Waals surface area contributed by atoms with Crippen LogP contribution in [-0.2, 0) is 0 Å². The second-order valence-electron chi connectivity index (χ2n) is 6.95. The lowest BCUT2D eigenvalue weighted by atomic mass is 10.1. The van der Waals surface area contributed by atoms with Crippen LogP contribution in [-0.4, -0.2) is 45.3 Å². The van der Waals surface area contributed by atoms with E-state index in [-0.39, 0.29) is 23.3 Å². The zero-order chi connectivity index (χ0) is 21.6. The minimum atomic E-state index is -0.436. The molecule has 1 aliphatic rings. The molecule has 3 aromatic rings. The Morgan fingerprint density at radius 2 is 1.87 bits per heavy atom. The van der Waals surface area contributed by atoms with Gasteiger partial charge in [0.1, 0.15) is 0 Å². The Bertz CT molecular complexity index is 1030. The zero-order valence-corrected chi connectivity index (χ0v) is 17.8. The highest BCUT2D eigenvalue weighted by Crippen LogP contribution is 2.38. The summed E-state index contributed by atoms with van der Waals surface area (Å²) < 4.78 is 5.24. The van der Waals surface area contributed by atoms with E-state index in [1.165, 1.54) is 7.11 Å². The summed E-state index contributed by atoms with van der Waals surface area (Å²) >= 11 is 1.74. The number of nitrogens with one attached hydrogen (secondary N) is 1. The van der Waals surface area contributed by atoms with Gasteiger partial charge in [-0.25, -0.2) is 4.98 Å². The first-order valence-electron chi connectivity index (χ1n) is 9.89. The molecule has 0 amide bonds. The van der Waals surface area contributed by atoms with Crippen LogP contribution >= 0.6 is 11.8 Å². The molecule has 31 heavy (non-hydrogen) atoms. The third-order valence-corrected chi connectivity index (χ3v) is 6.20. The van der Waals surface area contributed by atoms with Gasteiger partial charge in [0.2, 0.25) is 11.6 Å². The largest absolute Gasteiger partial charge is 0.467 e. The van der Waals surface area contributed by atoms with Gasteiger partial charge in [0.25, 0.3) is 0 Å². The number of para-hydroxylation sites is 1. The number of anilines is 3. The molecule has 9 nitrogen and oxygen atoms in total. The first-order valence-corrected chi connectivity index (χ1v) is 10.8. The number of aromatic nitrogens is 3. The fraction of sp³-hybridized carbons (Fsp3) is 0.286. The highest BCUT2D eigenvalue weighted by molar-refractivity contribution is 7.99. The van der Waals surface area contributed by atoms with E-state index in [1.807, 2.05) is 53.4 Å². The smallest absolute Gasteiger partial charge is 0.354 e. The molecule has 3 heterocycles. The van der Waals surface area contributed by atoms with Crippen molar-refractivity contribution in [3.8, 4) is 6.01 Å². The van der Waals surface area contributed by atoms with E-state index in [0.717, 1.165) is 17.9 Å². The zero-order valence-electron chi connectivity index (χ0n) is 17.0. The van der Waals surface area contributed by atoms with Crippen LogP contribution in [0.25, 0.3) is 0 Å². The molecule has 4 rings (SSSR count). The number of piperidine rings is 1. The number of ether oxygens (including phenoxy) is 1. The van der Waals surface area contributed by atoms with Gasteiger partial charge in [-0.2, -0.15) is 9.97 Å². The van der Waals surface area contributed by atoms with Crippen LogP contribution in [0.3, 0.4) is 0 Å². The number of hydrogen-bond donors (Lipinski definition) is 1. The highest BCUT2D eigenvalue weighted by atomic mass is 32.2. The van der Waals surface area contributed by atoms with Gasteiger partial charge in [-0.1, -0.05) is 24.3 Å². The van der Waals surface area contributed by atoms with Gasteiger partial charge in [0, 0.05) is 30.2 Å². The van der Waals surface area contributed by atoms with E-state index in [2.05, 4.69) is 20.3 Å². The molecule has 1 saturated heterocycles.